The largest absolute Gasteiger partial charge is 0.461 e. The lowest BCUT2D eigenvalue weighted by Crippen LogP contribution is -2.36. The van der Waals surface area contributed by atoms with Crippen molar-refractivity contribution >= 4 is 11.9 Å². The molecule has 0 bridgehead atoms. The molecule has 0 N–H and O–H groups in total. The fourth-order valence-electron chi connectivity index (χ4n) is 3.09. The Balaban J connectivity index is 1.88. The summed E-state index contributed by atoms with van der Waals surface area (Å²) in [4.78, 5) is 26.6. The normalized spacial score (nSPS) is 13.5. The van der Waals surface area contributed by atoms with Crippen LogP contribution in [0.15, 0.2) is 24.3 Å². The first-order valence-corrected chi connectivity index (χ1v) is 8.09. The maximum absolute atomic E-state index is 12.8. The zero-order chi connectivity index (χ0) is 17.3. The number of nitrogens with zero attached hydrogens (tertiary/aromatic N) is 3. The van der Waals surface area contributed by atoms with Gasteiger partial charge in [0.15, 0.2) is 5.69 Å². The van der Waals surface area contributed by atoms with Crippen LogP contribution in [-0.2, 0) is 24.8 Å². The molecule has 0 fully saturated rings. The summed E-state index contributed by atoms with van der Waals surface area (Å²) >= 11 is 0. The van der Waals surface area contributed by atoms with Crippen LogP contribution in [-0.4, -0.2) is 39.7 Å². The first-order valence-electron chi connectivity index (χ1n) is 8.09. The van der Waals surface area contributed by atoms with E-state index in [1.54, 1.807) is 16.5 Å². The van der Waals surface area contributed by atoms with Gasteiger partial charge in [0.05, 0.1) is 13.2 Å². The van der Waals surface area contributed by atoms with E-state index in [1.807, 2.05) is 38.2 Å². The predicted octanol–water partition coefficient (Wildman–Crippen LogP) is 2.10. The van der Waals surface area contributed by atoms with E-state index in [0.717, 1.165) is 16.8 Å². The lowest BCUT2D eigenvalue weighted by Gasteiger charge is -2.27. The van der Waals surface area contributed by atoms with E-state index in [0.29, 0.717) is 37.4 Å². The number of carbonyl (C=O) groups is 2. The molecule has 2 heterocycles. The fraction of sp³-hybridized carbons (Fsp3) is 0.389. The summed E-state index contributed by atoms with van der Waals surface area (Å²) in [6, 6.07) is 7.55. The third-order valence-electron chi connectivity index (χ3n) is 4.26. The zero-order valence-electron chi connectivity index (χ0n) is 14.2. The van der Waals surface area contributed by atoms with Crippen molar-refractivity contribution in [1.29, 1.82) is 0 Å². The van der Waals surface area contributed by atoms with Crippen molar-refractivity contribution < 1.29 is 14.3 Å². The summed E-state index contributed by atoms with van der Waals surface area (Å²) in [7, 11) is 1.82. The summed E-state index contributed by atoms with van der Waals surface area (Å²) < 4.78 is 6.80. The molecule has 24 heavy (non-hydrogen) atoms. The highest BCUT2D eigenvalue weighted by atomic mass is 16.5. The molecule has 6 nitrogen and oxygen atoms in total. The van der Waals surface area contributed by atoms with Crippen molar-refractivity contribution in [3.63, 3.8) is 0 Å². The zero-order valence-corrected chi connectivity index (χ0v) is 14.2. The SMILES string of the molecule is CCOC(=O)c1nn(C)c2c1CN(C(=O)c1cccc(C)c1)CC2. The van der Waals surface area contributed by atoms with Gasteiger partial charge in [-0.15, -0.1) is 0 Å². The molecule has 0 saturated heterocycles. The molecular weight excluding hydrogens is 306 g/mol. The Morgan fingerprint density at radius 3 is 2.83 bits per heavy atom. The summed E-state index contributed by atoms with van der Waals surface area (Å²) in [6.07, 6.45) is 0.676. The molecule has 1 aromatic heterocycles. The first kappa shape index (κ1) is 16.2. The van der Waals surface area contributed by atoms with Crippen molar-refractivity contribution in [2.45, 2.75) is 26.8 Å². The fourth-order valence-corrected chi connectivity index (χ4v) is 3.09. The molecule has 6 heteroatoms. The maximum atomic E-state index is 12.8. The lowest BCUT2D eigenvalue weighted by molar-refractivity contribution is 0.0513. The highest BCUT2D eigenvalue weighted by molar-refractivity contribution is 5.95. The highest BCUT2D eigenvalue weighted by Gasteiger charge is 2.30. The van der Waals surface area contributed by atoms with Crippen LogP contribution >= 0.6 is 0 Å². The van der Waals surface area contributed by atoms with Crippen molar-refractivity contribution in [3.05, 3.63) is 52.3 Å². The van der Waals surface area contributed by atoms with Gasteiger partial charge in [0.2, 0.25) is 0 Å². The van der Waals surface area contributed by atoms with Crippen LogP contribution in [0.5, 0.6) is 0 Å². The van der Waals surface area contributed by atoms with Crippen LogP contribution in [0, 0.1) is 6.92 Å². The number of carbonyl (C=O) groups excluding carboxylic acids is 2. The minimum absolute atomic E-state index is 0.0250. The van der Waals surface area contributed by atoms with E-state index in [9.17, 15) is 9.59 Å². The number of benzene rings is 1. The Morgan fingerprint density at radius 1 is 1.33 bits per heavy atom. The van der Waals surface area contributed by atoms with Gasteiger partial charge >= 0.3 is 5.97 Å². The molecule has 3 rings (SSSR count). The number of aryl methyl sites for hydroxylation is 2. The van der Waals surface area contributed by atoms with E-state index in [2.05, 4.69) is 5.10 Å². The van der Waals surface area contributed by atoms with Crippen LogP contribution in [0.1, 0.15) is 44.6 Å². The lowest BCUT2D eigenvalue weighted by atomic mass is 10.0. The van der Waals surface area contributed by atoms with E-state index in [4.69, 9.17) is 4.74 Å². The third-order valence-corrected chi connectivity index (χ3v) is 4.26. The van der Waals surface area contributed by atoms with Crippen molar-refractivity contribution in [1.82, 2.24) is 14.7 Å². The summed E-state index contributed by atoms with van der Waals surface area (Å²) in [6.45, 7) is 5.02. The van der Waals surface area contributed by atoms with E-state index >= 15 is 0 Å². The van der Waals surface area contributed by atoms with Gasteiger partial charge in [-0.2, -0.15) is 5.10 Å². The summed E-state index contributed by atoms with van der Waals surface area (Å²) in [5.74, 6) is -0.456. The van der Waals surface area contributed by atoms with E-state index in [-0.39, 0.29) is 5.91 Å². The van der Waals surface area contributed by atoms with Gasteiger partial charge in [-0.1, -0.05) is 17.7 Å². The summed E-state index contributed by atoms with van der Waals surface area (Å²) in [5.41, 5.74) is 3.82. The monoisotopic (exact) mass is 327 g/mol. The van der Waals surface area contributed by atoms with Crippen LogP contribution in [0.25, 0.3) is 0 Å². The van der Waals surface area contributed by atoms with Crippen molar-refractivity contribution in [2.75, 3.05) is 13.2 Å². The Morgan fingerprint density at radius 2 is 2.12 bits per heavy atom. The predicted molar refractivity (Wildman–Crippen MR) is 88.8 cm³/mol. The van der Waals surface area contributed by atoms with Gasteiger partial charge < -0.3 is 9.64 Å². The quantitative estimate of drug-likeness (QED) is 0.810. The Hall–Kier alpha value is -2.63. The Labute approximate surface area is 141 Å². The first-order chi connectivity index (χ1) is 11.5. The minimum Gasteiger partial charge on any atom is -0.461 e. The number of hydrogen-bond donors (Lipinski definition) is 0. The second-order valence-corrected chi connectivity index (χ2v) is 5.96. The van der Waals surface area contributed by atoms with Gasteiger partial charge in [-0.05, 0) is 26.0 Å². The number of esters is 1. The molecule has 0 saturated carbocycles. The maximum Gasteiger partial charge on any atom is 0.359 e. The standard InChI is InChI=1S/C18H21N3O3/c1-4-24-18(23)16-14-11-21(9-8-15(14)20(3)19-16)17(22)13-7-5-6-12(2)10-13/h5-7,10H,4,8-9,11H2,1-3H3. The van der Waals surface area contributed by atoms with E-state index in [1.165, 1.54) is 0 Å². The van der Waals surface area contributed by atoms with Crippen LogP contribution in [0.4, 0.5) is 0 Å². The van der Waals surface area contributed by atoms with Gasteiger partial charge in [0.25, 0.3) is 5.91 Å². The molecule has 1 amide bonds. The topological polar surface area (TPSA) is 64.4 Å². The second-order valence-electron chi connectivity index (χ2n) is 5.96. The number of ether oxygens (including phenoxy) is 1. The number of fused-ring (bicyclic) bond motifs is 1. The number of hydrogen-bond acceptors (Lipinski definition) is 4. The second kappa shape index (κ2) is 6.47. The summed E-state index contributed by atoms with van der Waals surface area (Å²) in [5, 5.41) is 4.30. The van der Waals surface area contributed by atoms with E-state index < -0.39 is 5.97 Å². The van der Waals surface area contributed by atoms with Crippen LogP contribution < -0.4 is 0 Å². The third kappa shape index (κ3) is 2.91. The molecule has 2 aromatic rings. The molecule has 0 atom stereocenters. The number of amides is 1. The minimum atomic E-state index is -0.431. The molecule has 126 valence electrons. The molecule has 0 aliphatic carbocycles. The molecule has 0 unspecified atom stereocenters. The Kier molecular flexibility index (Phi) is 4.38. The Bertz CT molecular complexity index is 795. The number of rotatable bonds is 3. The molecule has 1 aliphatic heterocycles. The molecule has 0 radical (unpaired) electrons. The van der Waals surface area contributed by atoms with Crippen molar-refractivity contribution in [2.24, 2.45) is 7.05 Å². The molecule has 0 spiro atoms. The smallest absolute Gasteiger partial charge is 0.359 e. The molecular formula is C18H21N3O3. The number of aromatic nitrogens is 2. The molecule has 1 aliphatic rings. The van der Waals surface area contributed by atoms with Crippen LogP contribution in [0.2, 0.25) is 0 Å². The average Bonchev–Trinajstić information content (AvgIpc) is 2.91. The molecule has 1 aromatic carbocycles. The average molecular weight is 327 g/mol. The van der Waals surface area contributed by atoms with Crippen molar-refractivity contribution in [3.8, 4) is 0 Å². The van der Waals surface area contributed by atoms with Crippen LogP contribution in [0.3, 0.4) is 0 Å². The highest BCUT2D eigenvalue weighted by Crippen LogP contribution is 2.24. The van der Waals surface area contributed by atoms with Gasteiger partial charge in [0, 0.05) is 36.8 Å². The van der Waals surface area contributed by atoms with Gasteiger partial charge in [-0.3, -0.25) is 9.48 Å². The van der Waals surface area contributed by atoms with Gasteiger partial charge in [-0.25, -0.2) is 4.79 Å². The van der Waals surface area contributed by atoms with Gasteiger partial charge in [0.1, 0.15) is 0 Å².